The molecule has 0 radical (unpaired) electrons. The third kappa shape index (κ3) is 3.45. The van der Waals surface area contributed by atoms with Crippen LogP contribution in [0.4, 0.5) is 5.69 Å². The quantitative estimate of drug-likeness (QED) is 0.899. The molecule has 0 spiro atoms. The topological polar surface area (TPSA) is 62.2 Å². The minimum Gasteiger partial charge on any atom is -0.479 e. The van der Waals surface area contributed by atoms with Crippen molar-refractivity contribution >= 4 is 23.3 Å². The molecule has 1 aromatic heterocycles. The first kappa shape index (κ1) is 13.4. The first-order valence-corrected chi connectivity index (χ1v) is 6.11. The highest BCUT2D eigenvalue weighted by Gasteiger charge is 2.19. The molecule has 2 rings (SSSR count). The summed E-state index contributed by atoms with van der Waals surface area (Å²) in [4.78, 5) is 15.5. The van der Waals surface area contributed by atoms with Crippen LogP contribution in [-0.2, 0) is 4.79 Å². The summed E-state index contributed by atoms with van der Waals surface area (Å²) in [5.41, 5.74) is 2.14. The van der Waals surface area contributed by atoms with Gasteiger partial charge in [-0.15, -0.1) is 0 Å². The van der Waals surface area contributed by atoms with Gasteiger partial charge in [-0.25, -0.2) is 4.79 Å². The van der Waals surface area contributed by atoms with E-state index in [0.29, 0.717) is 16.3 Å². The Bertz CT molecular complexity index is 567. The molecule has 0 aliphatic heterocycles. The van der Waals surface area contributed by atoms with Crippen molar-refractivity contribution in [3.63, 3.8) is 0 Å². The smallest absolute Gasteiger partial charge is 0.330 e. The van der Waals surface area contributed by atoms with Crippen LogP contribution in [0.5, 0.6) is 0 Å². The monoisotopic (exact) mass is 276 g/mol. The third-order valence-corrected chi connectivity index (χ3v) is 2.92. The van der Waals surface area contributed by atoms with Crippen LogP contribution in [0, 0.1) is 6.92 Å². The zero-order valence-electron chi connectivity index (χ0n) is 10.3. The molecule has 0 bridgehead atoms. The van der Waals surface area contributed by atoms with Crippen molar-refractivity contribution in [1.82, 2.24) is 4.98 Å². The van der Waals surface area contributed by atoms with Crippen LogP contribution in [0.3, 0.4) is 0 Å². The molecule has 2 aromatic rings. The van der Waals surface area contributed by atoms with Gasteiger partial charge in [0.15, 0.2) is 6.04 Å². The van der Waals surface area contributed by atoms with Crippen LogP contribution in [0.25, 0.3) is 0 Å². The third-order valence-electron chi connectivity index (χ3n) is 2.67. The van der Waals surface area contributed by atoms with E-state index in [2.05, 4.69) is 10.3 Å². The number of aliphatic carboxylic acids is 1. The molecule has 1 aromatic carbocycles. The number of carboxylic acid groups (broad SMARTS) is 1. The number of carboxylic acids is 1. The Morgan fingerprint density at radius 2 is 1.95 bits per heavy atom. The Kier molecular flexibility index (Phi) is 4.02. The molecule has 0 fully saturated rings. The van der Waals surface area contributed by atoms with Gasteiger partial charge in [-0.3, -0.25) is 4.98 Å². The van der Waals surface area contributed by atoms with E-state index in [9.17, 15) is 9.90 Å². The minimum absolute atomic E-state index is 0.605. The lowest BCUT2D eigenvalue weighted by molar-refractivity contribution is -0.138. The number of pyridine rings is 1. The number of hydrogen-bond donors (Lipinski definition) is 2. The van der Waals surface area contributed by atoms with Gasteiger partial charge in [-0.2, -0.15) is 0 Å². The summed E-state index contributed by atoms with van der Waals surface area (Å²) in [7, 11) is 0. The number of benzene rings is 1. The molecule has 5 heteroatoms. The number of rotatable bonds is 4. The van der Waals surface area contributed by atoms with Crippen molar-refractivity contribution in [3.8, 4) is 0 Å². The maximum atomic E-state index is 11.3. The van der Waals surface area contributed by atoms with Crippen molar-refractivity contribution in [1.29, 1.82) is 0 Å². The molecule has 1 heterocycles. The molecular weight excluding hydrogens is 264 g/mol. The second-order valence-electron chi connectivity index (χ2n) is 4.16. The molecule has 4 nitrogen and oxygen atoms in total. The number of aryl methyl sites for hydroxylation is 1. The lowest BCUT2D eigenvalue weighted by Gasteiger charge is -2.16. The molecule has 0 saturated heterocycles. The van der Waals surface area contributed by atoms with Gasteiger partial charge in [-0.05, 0) is 37.3 Å². The fourth-order valence-electron chi connectivity index (χ4n) is 1.65. The first-order chi connectivity index (χ1) is 9.06. The molecule has 1 atom stereocenters. The van der Waals surface area contributed by atoms with Crippen LogP contribution < -0.4 is 5.32 Å². The van der Waals surface area contributed by atoms with Crippen LogP contribution >= 0.6 is 11.6 Å². The Morgan fingerprint density at radius 1 is 1.26 bits per heavy atom. The van der Waals surface area contributed by atoms with Gasteiger partial charge in [0.25, 0.3) is 0 Å². The van der Waals surface area contributed by atoms with Gasteiger partial charge in [0.2, 0.25) is 0 Å². The fourth-order valence-corrected chi connectivity index (χ4v) is 1.78. The summed E-state index contributed by atoms with van der Waals surface area (Å²) in [6.45, 7) is 1.85. The molecule has 0 amide bonds. The summed E-state index contributed by atoms with van der Waals surface area (Å²) < 4.78 is 0. The van der Waals surface area contributed by atoms with Gasteiger partial charge < -0.3 is 10.4 Å². The summed E-state index contributed by atoms with van der Waals surface area (Å²) in [6.07, 6.45) is 1.57. The normalized spacial score (nSPS) is 11.9. The summed E-state index contributed by atoms with van der Waals surface area (Å²) in [5.74, 6) is -0.958. The Balaban J connectivity index is 2.23. The molecular formula is C14H13ClN2O2. The van der Waals surface area contributed by atoms with E-state index in [-0.39, 0.29) is 0 Å². The van der Waals surface area contributed by atoms with E-state index in [1.807, 2.05) is 6.92 Å². The largest absolute Gasteiger partial charge is 0.479 e. The van der Waals surface area contributed by atoms with Gasteiger partial charge in [0.05, 0.1) is 0 Å². The predicted octanol–water partition coefficient (Wildman–Crippen LogP) is 3.28. The van der Waals surface area contributed by atoms with Gasteiger partial charge in [-0.1, -0.05) is 17.7 Å². The summed E-state index contributed by atoms with van der Waals surface area (Å²) in [5, 5.41) is 12.8. The van der Waals surface area contributed by atoms with Crippen molar-refractivity contribution in [2.24, 2.45) is 0 Å². The summed E-state index contributed by atoms with van der Waals surface area (Å²) >= 11 is 5.79. The minimum atomic E-state index is -0.958. The Morgan fingerprint density at radius 3 is 2.47 bits per heavy atom. The fraction of sp³-hybridized carbons (Fsp3) is 0.143. The first-order valence-electron chi connectivity index (χ1n) is 5.74. The van der Waals surface area contributed by atoms with E-state index < -0.39 is 12.0 Å². The van der Waals surface area contributed by atoms with E-state index in [1.165, 1.54) is 0 Å². The molecule has 1 unspecified atom stereocenters. The van der Waals surface area contributed by atoms with Crippen LogP contribution in [-0.4, -0.2) is 16.1 Å². The van der Waals surface area contributed by atoms with Crippen LogP contribution in [0.15, 0.2) is 42.6 Å². The molecule has 0 aliphatic rings. The zero-order chi connectivity index (χ0) is 13.8. The average molecular weight is 277 g/mol. The highest BCUT2D eigenvalue weighted by Crippen LogP contribution is 2.21. The van der Waals surface area contributed by atoms with E-state index >= 15 is 0 Å². The molecule has 2 N–H and O–H groups in total. The highest BCUT2D eigenvalue weighted by molar-refractivity contribution is 6.30. The van der Waals surface area contributed by atoms with E-state index in [1.54, 1.807) is 42.6 Å². The second-order valence-corrected chi connectivity index (χ2v) is 4.59. The molecule has 98 valence electrons. The van der Waals surface area contributed by atoms with Crippen LogP contribution in [0.2, 0.25) is 5.02 Å². The molecule has 0 saturated carbocycles. The number of hydrogen-bond acceptors (Lipinski definition) is 3. The Labute approximate surface area is 116 Å². The van der Waals surface area contributed by atoms with Crippen LogP contribution in [0.1, 0.15) is 17.3 Å². The number of anilines is 1. The maximum absolute atomic E-state index is 11.3. The lowest BCUT2D eigenvalue weighted by Crippen LogP contribution is -2.20. The van der Waals surface area contributed by atoms with Crippen molar-refractivity contribution < 1.29 is 9.90 Å². The van der Waals surface area contributed by atoms with E-state index in [0.717, 1.165) is 5.69 Å². The average Bonchev–Trinajstić information content (AvgIpc) is 2.39. The van der Waals surface area contributed by atoms with Gasteiger partial charge >= 0.3 is 5.97 Å². The lowest BCUT2D eigenvalue weighted by atomic mass is 10.1. The SMILES string of the molecule is Cc1ccc(C(Nc2ccc(Cl)cc2)C(=O)O)cn1. The molecule has 0 aliphatic carbocycles. The van der Waals surface area contributed by atoms with Crippen molar-refractivity contribution in [2.75, 3.05) is 5.32 Å². The number of halogens is 1. The predicted molar refractivity (Wildman–Crippen MR) is 74.4 cm³/mol. The number of nitrogens with one attached hydrogen (secondary N) is 1. The van der Waals surface area contributed by atoms with Crippen molar-refractivity contribution in [2.45, 2.75) is 13.0 Å². The van der Waals surface area contributed by atoms with Crippen molar-refractivity contribution in [3.05, 3.63) is 58.9 Å². The van der Waals surface area contributed by atoms with E-state index in [4.69, 9.17) is 11.6 Å². The second kappa shape index (κ2) is 5.71. The zero-order valence-corrected chi connectivity index (χ0v) is 11.1. The van der Waals surface area contributed by atoms with Gasteiger partial charge in [0.1, 0.15) is 0 Å². The van der Waals surface area contributed by atoms with Gasteiger partial charge in [0, 0.05) is 28.2 Å². The number of nitrogens with zero attached hydrogens (tertiary/aromatic N) is 1. The number of carbonyl (C=O) groups is 1. The number of aromatic nitrogens is 1. The standard InChI is InChI=1S/C14H13ClN2O2/c1-9-2-3-10(8-16-9)13(14(18)19)17-12-6-4-11(15)5-7-12/h2-8,13,17H,1H3,(H,18,19). The molecule has 19 heavy (non-hydrogen) atoms. The summed E-state index contributed by atoms with van der Waals surface area (Å²) in [6, 6.07) is 9.58. The highest BCUT2D eigenvalue weighted by atomic mass is 35.5. The maximum Gasteiger partial charge on any atom is 0.330 e. The Hall–Kier alpha value is -2.07.